The summed E-state index contributed by atoms with van der Waals surface area (Å²) in [5.74, 6) is 0.357. The number of pyridine rings is 1. The van der Waals surface area contributed by atoms with E-state index < -0.39 is 5.97 Å². The Balaban J connectivity index is 2.37. The summed E-state index contributed by atoms with van der Waals surface area (Å²) in [6, 6.07) is 11.1. The van der Waals surface area contributed by atoms with E-state index in [4.69, 9.17) is 14.2 Å². The molecule has 0 aliphatic heterocycles. The maximum absolute atomic E-state index is 11.7. The second kappa shape index (κ2) is 8.01. The van der Waals surface area contributed by atoms with Gasteiger partial charge in [-0.25, -0.2) is 9.78 Å². The first kappa shape index (κ1) is 17.3. The van der Waals surface area contributed by atoms with Crippen LogP contribution in [-0.2, 0) is 14.3 Å². The lowest BCUT2D eigenvalue weighted by atomic mass is 10.1. The van der Waals surface area contributed by atoms with Crippen LogP contribution in [0, 0.1) is 6.92 Å². The molecule has 1 aromatic heterocycles. The number of carbonyl (C=O) groups is 1. The van der Waals surface area contributed by atoms with Gasteiger partial charge in [0, 0.05) is 11.6 Å². The molecule has 0 fully saturated rings. The van der Waals surface area contributed by atoms with Crippen molar-refractivity contribution >= 4 is 5.97 Å². The van der Waals surface area contributed by atoms with Crippen LogP contribution in [-0.4, -0.2) is 32.3 Å². The summed E-state index contributed by atoms with van der Waals surface area (Å²) in [5, 5.41) is 0. The van der Waals surface area contributed by atoms with E-state index in [1.54, 1.807) is 19.2 Å². The molecular formula is C18H19NO5. The molecule has 0 aliphatic carbocycles. The minimum atomic E-state index is -0.624. The summed E-state index contributed by atoms with van der Waals surface area (Å²) < 4.78 is 20.4. The molecule has 6 nitrogen and oxygen atoms in total. The zero-order valence-electron chi connectivity index (χ0n) is 14.0. The molecule has 24 heavy (non-hydrogen) atoms. The number of hydrogen-bond donors (Lipinski definition) is 0. The number of aromatic nitrogens is 1. The maximum atomic E-state index is 11.7. The average molecular weight is 329 g/mol. The number of hydrogen-bond acceptors (Lipinski definition) is 6. The molecule has 0 bridgehead atoms. The molecule has 0 unspecified atom stereocenters. The molecule has 2 rings (SSSR count). The van der Waals surface area contributed by atoms with E-state index in [9.17, 15) is 4.79 Å². The van der Waals surface area contributed by atoms with Gasteiger partial charge in [0.15, 0.2) is 0 Å². The molecule has 0 amide bonds. The van der Waals surface area contributed by atoms with Crippen LogP contribution in [0.15, 0.2) is 48.4 Å². The molecule has 0 saturated heterocycles. The van der Waals surface area contributed by atoms with E-state index in [2.05, 4.69) is 9.72 Å². The highest BCUT2D eigenvalue weighted by molar-refractivity contribution is 5.86. The molecule has 0 saturated carbocycles. The van der Waals surface area contributed by atoms with Gasteiger partial charge in [-0.3, -0.25) is 0 Å². The van der Waals surface area contributed by atoms with Crippen LogP contribution < -0.4 is 9.47 Å². The summed E-state index contributed by atoms with van der Waals surface area (Å²) in [6.07, 6.45) is 1.20. The first-order valence-corrected chi connectivity index (χ1v) is 7.20. The van der Waals surface area contributed by atoms with Crippen molar-refractivity contribution in [2.24, 2.45) is 0 Å². The quantitative estimate of drug-likeness (QED) is 0.461. The van der Waals surface area contributed by atoms with Gasteiger partial charge in [0.1, 0.15) is 12.0 Å². The Kier molecular flexibility index (Phi) is 5.78. The van der Waals surface area contributed by atoms with E-state index >= 15 is 0 Å². The first-order valence-electron chi connectivity index (χ1n) is 7.20. The van der Waals surface area contributed by atoms with Crippen LogP contribution >= 0.6 is 0 Å². The van der Waals surface area contributed by atoms with Crippen LogP contribution in [0.25, 0.3) is 11.3 Å². The predicted molar refractivity (Wildman–Crippen MR) is 88.7 cm³/mol. The smallest absolute Gasteiger partial charge is 0.377 e. The van der Waals surface area contributed by atoms with Gasteiger partial charge in [-0.2, -0.15) is 0 Å². The summed E-state index contributed by atoms with van der Waals surface area (Å²) in [4.78, 5) is 16.1. The van der Waals surface area contributed by atoms with Gasteiger partial charge < -0.3 is 18.9 Å². The number of ether oxygens (including phenoxy) is 4. The molecule has 6 heteroatoms. The van der Waals surface area contributed by atoms with Crippen molar-refractivity contribution in [3.8, 4) is 22.9 Å². The van der Waals surface area contributed by atoms with Crippen LogP contribution in [0.5, 0.6) is 11.6 Å². The molecule has 0 atom stereocenters. The average Bonchev–Trinajstić information content (AvgIpc) is 2.62. The Bertz CT molecular complexity index is 755. The summed E-state index contributed by atoms with van der Waals surface area (Å²) in [5.41, 5.74) is 2.42. The van der Waals surface area contributed by atoms with Crippen molar-refractivity contribution in [2.45, 2.75) is 6.92 Å². The fourth-order valence-corrected chi connectivity index (χ4v) is 2.00. The molecule has 0 aliphatic rings. The maximum Gasteiger partial charge on any atom is 0.377 e. The third-order valence-electron chi connectivity index (χ3n) is 3.25. The van der Waals surface area contributed by atoms with E-state index in [1.165, 1.54) is 20.5 Å². The molecular weight excluding hydrogens is 310 g/mol. The molecule has 1 aromatic carbocycles. The van der Waals surface area contributed by atoms with Crippen molar-refractivity contribution in [3.63, 3.8) is 0 Å². The van der Waals surface area contributed by atoms with Crippen molar-refractivity contribution in [1.82, 2.24) is 4.98 Å². The van der Waals surface area contributed by atoms with Gasteiger partial charge in [-0.15, -0.1) is 0 Å². The number of carbonyl (C=O) groups excluding carboxylic acids is 1. The lowest BCUT2D eigenvalue weighted by molar-refractivity contribution is -0.138. The van der Waals surface area contributed by atoms with Crippen molar-refractivity contribution < 1.29 is 23.7 Å². The minimum Gasteiger partial charge on any atom is -0.500 e. The highest BCUT2D eigenvalue weighted by atomic mass is 16.6. The van der Waals surface area contributed by atoms with Crippen LogP contribution in [0.3, 0.4) is 0 Å². The number of methoxy groups -OCH3 is 3. The topological polar surface area (TPSA) is 66.9 Å². The third-order valence-corrected chi connectivity index (χ3v) is 3.25. The fourth-order valence-electron chi connectivity index (χ4n) is 2.00. The molecule has 1 heterocycles. The SMILES string of the molecule is COC=C(Oc1cc(-c2cccc(OC)n2)ccc1C)C(=O)OC. The number of rotatable bonds is 6. The Morgan fingerprint density at radius 1 is 1.12 bits per heavy atom. The Hall–Kier alpha value is -3.02. The Labute approximate surface area is 140 Å². The van der Waals surface area contributed by atoms with E-state index in [0.29, 0.717) is 11.6 Å². The van der Waals surface area contributed by atoms with Crippen LogP contribution in [0.2, 0.25) is 0 Å². The normalized spacial score (nSPS) is 10.9. The zero-order chi connectivity index (χ0) is 17.5. The molecule has 2 aromatic rings. The third kappa shape index (κ3) is 4.04. The standard InChI is InChI=1S/C18H19NO5/c1-12-8-9-13(14-6-5-7-17(19-14)22-3)10-15(12)24-16(11-21-2)18(20)23-4/h5-11H,1-4H3. The lowest BCUT2D eigenvalue weighted by Gasteiger charge is -2.12. The highest BCUT2D eigenvalue weighted by Crippen LogP contribution is 2.28. The fraction of sp³-hybridized carbons (Fsp3) is 0.222. The van der Waals surface area contributed by atoms with E-state index in [1.807, 2.05) is 31.2 Å². The van der Waals surface area contributed by atoms with Gasteiger partial charge >= 0.3 is 5.97 Å². The molecule has 0 spiro atoms. The second-order valence-electron chi connectivity index (χ2n) is 4.86. The van der Waals surface area contributed by atoms with Gasteiger partial charge in [-0.1, -0.05) is 18.2 Å². The molecule has 0 radical (unpaired) electrons. The predicted octanol–water partition coefficient (Wildman–Crippen LogP) is 3.11. The monoisotopic (exact) mass is 329 g/mol. The summed E-state index contributed by atoms with van der Waals surface area (Å²) >= 11 is 0. The number of nitrogens with zero attached hydrogens (tertiary/aromatic N) is 1. The number of aryl methyl sites for hydroxylation is 1. The number of esters is 1. The molecule has 126 valence electrons. The summed E-state index contributed by atoms with van der Waals surface area (Å²) in [7, 11) is 4.27. The van der Waals surface area contributed by atoms with Gasteiger partial charge in [0.2, 0.25) is 11.6 Å². The van der Waals surface area contributed by atoms with E-state index in [-0.39, 0.29) is 5.76 Å². The minimum absolute atomic E-state index is 0.0427. The van der Waals surface area contributed by atoms with Crippen LogP contribution in [0.1, 0.15) is 5.56 Å². The zero-order valence-corrected chi connectivity index (χ0v) is 14.0. The first-order chi connectivity index (χ1) is 11.6. The van der Waals surface area contributed by atoms with Crippen LogP contribution in [0.4, 0.5) is 0 Å². The highest BCUT2D eigenvalue weighted by Gasteiger charge is 2.15. The van der Waals surface area contributed by atoms with Crippen molar-refractivity contribution in [3.05, 3.63) is 54.0 Å². The van der Waals surface area contributed by atoms with Crippen molar-refractivity contribution in [1.29, 1.82) is 0 Å². The summed E-state index contributed by atoms with van der Waals surface area (Å²) in [6.45, 7) is 1.87. The van der Waals surface area contributed by atoms with Gasteiger partial charge in [0.05, 0.1) is 27.0 Å². The number of benzene rings is 1. The Morgan fingerprint density at radius 3 is 2.58 bits per heavy atom. The largest absolute Gasteiger partial charge is 0.500 e. The lowest BCUT2D eigenvalue weighted by Crippen LogP contribution is -2.11. The van der Waals surface area contributed by atoms with Gasteiger partial charge in [-0.05, 0) is 24.6 Å². The van der Waals surface area contributed by atoms with Gasteiger partial charge in [0.25, 0.3) is 0 Å². The van der Waals surface area contributed by atoms with E-state index in [0.717, 1.165) is 16.8 Å². The second-order valence-corrected chi connectivity index (χ2v) is 4.86. The Morgan fingerprint density at radius 2 is 1.92 bits per heavy atom. The molecule has 0 N–H and O–H groups in total. The van der Waals surface area contributed by atoms with Crippen molar-refractivity contribution in [2.75, 3.05) is 21.3 Å².